The van der Waals surface area contributed by atoms with E-state index in [-0.39, 0.29) is 37.4 Å². The monoisotopic (exact) mass is 867 g/mol. The van der Waals surface area contributed by atoms with Gasteiger partial charge in [-0.1, -0.05) is 19.1 Å². The number of hydrogen-bond donors (Lipinski definition) is 3. The van der Waals surface area contributed by atoms with E-state index < -0.39 is 92.2 Å². The highest BCUT2D eigenvalue weighted by Gasteiger charge is 2.63. The minimum Gasteiger partial charge on any atom is -0.497 e. The Hall–Kier alpha value is -4.85. The maximum Gasteiger partial charge on any atom is 0.427 e. The molecule has 1 aromatic carbocycles. The van der Waals surface area contributed by atoms with Crippen LogP contribution in [0, 0.1) is 5.92 Å². The van der Waals surface area contributed by atoms with E-state index in [0.717, 1.165) is 4.90 Å². The Morgan fingerprint density at radius 2 is 1.83 bits per heavy atom. The van der Waals surface area contributed by atoms with Gasteiger partial charge in [-0.2, -0.15) is 13.2 Å². The van der Waals surface area contributed by atoms with E-state index in [1.54, 1.807) is 44.2 Å². The number of carbonyl (C=O) groups is 4. The van der Waals surface area contributed by atoms with Crippen molar-refractivity contribution in [3.05, 3.63) is 36.4 Å². The summed E-state index contributed by atoms with van der Waals surface area (Å²) in [5, 5.41) is 5.62. The smallest absolute Gasteiger partial charge is 0.427 e. The maximum atomic E-state index is 14.9. The minimum atomic E-state index is -4.95. The molecule has 3 heterocycles. The van der Waals surface area contributed by atoms with Crippen LogP contribution in [0.25, 0.3) is 10.9 Å². The molecule has 60 heavy (non-hydrogen) atoms. The highest BCUT2D eigenvalue weighted by atomic mass is 32.2. The summed E-state index contributed by atoms with van der Waals surface area (Å²) in [6.45, 7) is 5.98. The van der Waals surface area contributed by atoms with Crippen LogP contribution < -0.4 is 29.6 Å². The normalized spacial score (nSPS) is 28.8. The van der Waals surface area contributed by atoms with E-state index >= 15 is 0 Å². The summed E-state index contributed by atoms with van der Waals surface area (Å²) in [6.07, 6.45) is -4.01. The molecule has 4 aliphatic rings. The Morgan fingerprint density at radius 1 is 1.12 bits per heavy atom. The van der Waals surface area contributed by atoms with Crippen molar-refractivity contribution in [1.29, 1.82) is 0 Å². The number of nitrogens with one attached hydrogen (secondary N) is 3. The van der Waals surface area contributed by atoms with Crippen molar-refractivity contribution in [3.8, 4) is 17.4 Å². The van der Waals surface area contributed by atoms with Crippen LogP contribution in [-0.4, -0.2) is 115 Å². The summed E-state index contributed by atoms with van der Waals surface area (Å²) in [7, 11) is -1.20. The number of ether oxygens (including phenoxy) is 5. The largest absolute Gasteiger partial charge is 0.497 e. The number of carbonyl (C=O) groups excluding carboxylic acids is 4. The summed E-state index contributed by atoms with van der Waals surface area (Å²) in [5.74, 6) is -2.27. The van der Waals surface area contributed by atoms with E-state index in [0.29, 0.717) is 56.2 Å². The zero-order chi connectivity index (χ0) is 44.0. The number of nitrogens with zero attached hydrogens (tertiary/aromatic N) is 2. The van der Waals surface area contributed by atoms with Crippen LogP contribution >= 0.6 is 0 Å². The molecule has 1 aromatic heterocycles. The second-order valence-corrected chi connectivity index (χ2v) is 18.8. The van der Waals surface area contributed by atoms with Gasteiger partial charge in [0, 0.05) is 29.9 Å². The number of allylic oxidation sites excluding steroid dienone is 1. The van der Waals surface area contributed by atoms with Gasteiger partial charge in [0.1, 0.15) is 35.2 Å². The van der Waals surface area contributed by atoms with E-state index in [1.807, 2.05) is 0 Å². The van der Waals surface area contributed by atoms with Gasteiger partial charge < -0.3 is 39.2 Å². The SMILES string of the molecule is CC[C@@H]1O[C@H](C)CC/C=C\C2C[C@@]2(C(=O)NS(=O)(=O)C2(C)CC2)NC(=O)[C@@H]2C[C@@H](Oc3cc(OC)nc4cc(OC)ccc34)CN2C(=O)[C@H]1NC(=O)OC(C)(C)C(F)(F)F. The standard InChI is InChI=1S/C40H52F3N5O11S/c1-8-29-32(45-36(52)59-37(3,4)40(41,42)43)34(50)48-21-25(58-30-19-31(56-7)44-27-17-24(55-6)13-14-26(27)30)18-28(48)33(49)46-39(20-23(39)12-10-9-11-22(2)57-29)35(51)47-60(53,54)38(5)15-16-38/h10,12-14,17,19,22-23,25,28-29,32H,8-9,11,15-16,18,20-21H2,1-7H3,(H,45,52)(H,46,49)(H,47,51)/b12-10-/t22-,23?,25-,28+,29+,32+,39-/m1/s1. The zero-order valence-electron chi connectivity index (χ0n) is 34.5. The molecule has 0 spiro atoms. The number of fused-ring (bicyclic) bond motifs is 3. The third-order valence-electron chi connectivity index (χ3n) is 11.8. The van der Waals surface area contributed by atoms with Crippen molar-refractivity contribution in [2.24, 2.45) is 5.92 Å². The minimum absolute atomic E-state index is 0.0646. The number of pyridine rings is 1. The average Bonchev–Trinajstić information content (AvgIpc) is 4.06. The predicted octanol–water partition coefficient (Wildman–Crippen LogP) is 4.44. The molecule has 2 aliphatic heterocycles. The van der Waals surface area contributed by atoms with Crippen LogP contribution in [0.4, 0.5) is 18.0 Å². The van der Waals surface area contributed by atoms with E-state index in [4.69, 9.17) is 23.7 Å². The van der Waals surface area contributed by atoms with Crippen LogP contribution in [-0.2, 0) is 33.9 Å². The van der Waals surface area contributed by atoms with Crippen molar-refractivity contribution in [1.82, 2.24) is 25.2 Å². The Kier molecular flexibility index (Phi) is 12.3. The Morgan fingerprint density at radius 3 is 2.47 bits per heavy atom. The highest BCUT2D eigenvalue weighted by molar-refractivity contribution is 7.91. The third kappa shape index (κ3) is 9.08. The van der Waals surface area contributed by atoms with Crippen LogP contribution in [0.15, 0.2) is 36.4 Å². The molecule has 0 bridgehead atoms. The topological polar surface area (TPSA) is 201 Å². The molecule has 1 unspecified atom stereocenters. The first-order valence-electron chi connectivity index (χ1n) is 19.8. The number of hydrogen-bond acceptors (Lipinski definition) is 12. The van der Waals surface area contributed by atoms with Gasteiger partial charge in [0.15, 0.2) is 0 Å². The highest BCUT2D eigenvalue weighted by Crippen LogP contribution is 2.48. The van der Waals surface area contributed by atoms with E-state index in [9.17, 15) is 40.8 Å². The first kappa shape index (κ1) is 44.7. The number of halogens is 3. The average molecular weight is 868 g/mol. The molecular formula is C40H52F3N5O11S. The summed E-state index contributed by atoms with van der Waals surface area (Å²) < 4.78 is 97.2. The lowest BCUT2D eigenvalue weighted by atomic mass is 10.0. The van der Waals surface area contributed by atoms with Gasteiger partial charge in [0.25, 0.3) is 5.91 Å². The number of amides is 4. The number of sulfonamides is 1. The van der Waals surface area contributed by atoms with Crippen molar-refractivity contribution in [2.75, 3.05) is 20.8 Å². The molecule has 2 aliphatic carbocycles. The van der Waals surface area contributed by atoms with Crippen LogP contribution in [0.3, 0.4) is 0 Å². The van der Waals surface area contributed by atoms with Gasteiger partial charge in [-0.05, 0) is 78.4 Å². The molecule has 1 saturated heterocycles. The van der Waals surface area contributed by atoms with Crippen LogP contribution in [0.5, 0.6) is 17.4 Å². The third-order valence-corrected chi connectivity index (χ3v) is 13.9. The Bertz CT molecular complexity index is 2140. The number of aromatic nitrogens is 1. The first-order valence-corrected chi connectivity index (χ1v) is 21.3. The second-order valence-electron chi connectivity index (χ2n) is 16.6. The molecule has 330 valence electrons. The number of benzene rings is 1. The summed E-state index contributed by atoms with van der Waals surface area (Å²) in [6, 6.07) is 3.54. The fraction of sp³-hybridized carbons (Fsp3) is 0.625. The molecule has 3 fully saturated rings. The molecule has 0 radical (unpaired) electrons. The number of alkyl halides is 3. The lowest BCUT2D eigenvalue weighted by molar-refractivity contribution is -0.244. The van der Waals surface area contributed by atoms with Crippen molar-refractivity contribution in [2.45, 2.75) is 132 Å². The Balaban J connectivity index is 1.39. The van der Waals surface area contributed by atoms with E-state index in [2.05, 4.69) is 20.3 Å². The molecule has 16 nitrogen and oxygen atoms in total. The number of rotatable bonds is 10. The molecular weight excluding hydrogens is 816 g/mol. The van der Waals surface area contributed by atoms with Crippen molar-refractivity contribution in [3.63, 3.8) is 0 Å². The lowest BCUT2D eigenvalue weighted by Crippen LogP contribution is -2.61. The molecule has 3 N–H and O–H groups in total. The fourth-order valence-electron chi connectivity index (χ4n) is 7.41. The number of methoxy groups -OCH3 is 2. The van der Waals surface area contributed by atoms with Gasteiger partial charge in [0.2, 0.25) is 33.3 Å². The van der Waals surface area contributed by atoms with Gasteiger partial charge >= 0.3 is 12.3 Å². The van der Waals surface area contributed by atoms with Crippen molar-refractivity contribution >= 4 is 44.7 Å². The van der Waals surface area contributed by atoms with Gasteiger partial charge in [0.05, 0.1) is 43.2 Å². The van der Waals surface area contributed by atoms with Crippen molar-refractivity contribution < 1.29 is 64.5 Å². The molecule has 2 saturated carbocycles. The number of alkyl carbamates (subject to hydrolysis) is 1. The summed E-state index contributed by atoms with van der Waals surface area (Å²) in [5.41, 5.74) is -4.18. The maximum absolute atomic E-state index is 14.9. The Labute approximate surface area is 346 Å². The quantitative estimate of drug-likeness (QED) is 0.284. The van der Waals surface area contributed by atoms with E-state index in [1.165, 1.54) is 27.2 Å². The predicted molar refractivity (Wildman–Crippen MR) is 210 cm³/mol. The second kappa shape index (κ2) is 16.5. The molecule has 20 heteroatoms. The molecule has 7 atom stereocenters. The van der Waals surface area contributed by atoms with Gasteiger partial charge in [-0.25, -0.2) is 18.2 Å². The molecule has 6 rings (SSSR count). The van der Waals surface area contributed by atoms with Crippen LogP contribution in [0.2, 0.25) is 0 Å². The lowest BCUT2D eigenvalue weighted by Gasteiger charge is -2.35. The summed E-state index contributed by atoms with van der Waals surface area (Å²) >= 11 is 0. The van der Waals surface area contributed by atoms with Gasteiger partial charge in [-0.3, -0.25) is 19.1 Å². The molecule has 2 aromatic rings. The fourth-order valence-corrected chi connectivity index (χ4v) is 8.72. The zero-order valence-corrected chi connectivity index (χ0v) is 35.3. The van der Waals surface area contributed by atoms with Crippen LogP contribution in [0.1, 0.15) is 79.6 Å². The first-order chi connectivity index (χ1) is 28.1. The van der Waals surface area contributed by atoms with Gasteiger partial charge in [-0.15, -0.1) is 0 Å². The summed E-state index contributed by atoms with van der Waals surface area (Å²) in [4.78, 5) is 62.2. The molecule has 4 amide bonds.